The summed E-state index contributed by atoms with van der Waals surface area (Å²) in [4.78, 5) is 25.5. The van der Waals surface area contributed by atoms with Crippen molar-refractivity contribution in [1.29, 1.82) is 0 Å². The van der Waals surface area contributed by atoms with Crippen LogP contribution in [0.4, 0.5) is 16.2 Å². The smallest absolute Gasteiger partial charge is 0.319 e. The van der Waals surface area contributed by atoms with Gasteiger partial charge in [0.15, 0.2) is 0 Å². The summed E-state index contributed by atoms with van der Waals surface area (Å²) < 4.78 is 0. The number of aliphatic hydroxyl groups is 1. The number of nitrogens with zero attached hydrogens (tertiary/aromatic N) is 1. The van der Waals surface area contributed by atoms with Crippen LogP contribution >= 0.6 is 11.6 Å². The number of carbonyl (C=O) groups excluding carboxylic acids is 2. The number of nitrogens with one attached hydrogen (secondary N) is 2. The predicted molar refractivity (Wildman–Crippen MR) is 91.0 cm³/mol. The van der Waals surface area contributed by atoms with Crippen molar-refractivity contribution in [3.05, 3.63) is 23.2 Å². The van der Waals surface area contributed by atoms with E-state index in [-0.39, 0.29) is 5.91 Å². The molecule has 0 saturated carbocycles. The first-order valence-corrected chi connectivity index (χ1v) is 7.96. The van der Waals surface area contributed by atoms with Crippen LogP contribution in [0.25, 0.3) is 0 Å². The fourth-order valence-corrected chi connectivity index (χ4v) is 2.39. The minimum atomic E-state index is -1.04. The lowest BCUT2D eigenvalue weighted by Crippen LogP contribution is -2.48. The largest absolute Gasteiger partial charge is 0.388 e. The van der Waals surface area contributed by atoms with E-state index >= 15 is 0 Å². The molecule has 1 aliphatic heterocycles. The minimum Gasteiger partial charge on any atom is -0.388 e. The maximum atomic E-state index is 12.0. The molecule has 0 unspecified atom stereocenters. The molecule has 1 aliphatic rings. The van der Waals surface area contributed by atoms with Crippen molar-refractivity contribution >= 4 is 34.9 Å². The third-order valence-electron chi connectivity index (χ3n) is 3.99. The van der Waals surface area contributed by atoms with Gasteiger partial charge in [-0.1, -0.05) is 11.6 Å². The summed E-state index contributed by atoms with van der Waals surface area (Å²) >= 11 is 6.11. The third kappa shape index (κ3) is 4.36. The zero-order chi connectivity index (χ0) is 17.2. The normalized spacial score (nSPS) is 16.4. The molecular formula is C16H22ClN3O3. The highest BCUT2D eigenvalue weighted by Gasteiger charge is 2.25. The fourth-order valence-electron chi connectivity index (χ4n) is 2.23. The van der Waals surface area contributed by atoms with Crippen LogP contribution in [-0.4, -0.2) is 35.2 Å². The van der Waals surface area contributed by atoms with Gasteiger partial charge in [-0.05, 0) is 45.4 Å². The fraction of sp³-hybridized carbons (Fsp3) is 0.500. The lowest BCUT2D eigenvalue weighted by Gasteiger charge is -2.27. The molecule has 0 aliphatic carbocycles. The molecule has 1 heterocycles. The Morgan fingerprint density at radius 3 is 2.70 bits per heavy atom. The summed E-state index contributed by atoms with van der Waals surface area (Å²) in [5.41, 5.74) is 0.0948. The standard InChI is InChI=1S/C16H22ClN3O3/c1-10(16(2,3)23)18-15(22)19-13-9-11(6-7-12(13)17)20-8-4-5-14(20)21/h6-7,9-10,23H,4-5,8H2,1-3H3,(H2,18,19,22)/t10-/m0/s1. The molecule has 2 rings (SSSR count). The molecule has 0 radical (unpaired) electrons. The van der Waals surface area contributed by atoms with Crippen LogP contribution < -0.4 is 15.5 Å². The average molecular weight is 340 g/mol. The molecule has 1 aromatic carbocycles. The second-order valence-corrected chi connectivity index (χ2v) is 6.69. The van der Waals surface area contributed by atoms with Gasteiger partial charge >= 0.3 is 6.03 Å². The highest BCUT2D eigenvalue weighted by Crippen LogP contribution is 2.29. The number of halogens is 1. The number of carbonyl (C=O) groups is 2. The first-order valence-electron chi connectivity index (χ1n) is 7.58. The summed E-state index contributed by atoms with van der Waals surface area (Å²) in [6.07, 6.45) is 1.36. The Morgan fingerprint density at radius 2 is 2.13 bits per heavy atom. The van der Waals surface area contributed by atoms with Crippen LogP contribution in [-0.2, 0) is 4.79 Å². The number of rotatable bonds is 4. The van der Waals surface area contributed by atoms with E-state index in [0.717, 1.165) is 6.42 Å². The van der Waals surface area contributed by atoms with Crippen LogP contribution in [0.1, 0.15) is 33.6 Å². The minimum absolute atomic E-state index is 0.0679. The van der Waals surface area contributed by atoms with Crippen LogP contribution in [0.3, 0.4) is 0 Å². The predicted octanol–water partition coefficient (Wildman–Crippen LogP) is 2.75. The summed E-state index contributed by atoms with van der Waals surface area (Å²) in [6.45, 7) is 5.61. The summed E-state index contributed by atoms with van der Waals surface area (Å²) in [6, 6.07) is 4.18. The van der Waals surface area contributed by atoms with Crippen molar-refractivity contribution < 1.29 is 14.7 Å². The van der Waals surface area contributed by atoms with Gasteiger partial charge in [-0.2, -0.15) is 0 Å². The lowest BCUT2D eigenvalue weighted by atomic mass is 10.0. The van der Waals surface area contributed by atoms with Gasteiger partial charge in [0.05, 0.1) is 22.4 Å². The van der Waals surface area contributed by atoms with Gasteiger partial charge in [0.2, 0.25) is 5.91 Å². The first kappa shape index (κ1) is 17.6. The highest BCUT2D eigenvalue weighted by atomic mass is 35.5. The number of hydrogen-bond acceptors (Lipinski definition) is 3. The summed E-state index contributed by atoms with van der Waals surface area (Å²) in [5, 5.41) is 15.6. The van der Waals surface area contributed by atoms with E-state index in [2.05, 4.69) is 10.6 Å². The zero-order valence-electron chi connectivity index (χ0n) is 13.5. The molecule has 1 atom stereocenters. The second-order valence-electron chi connectivity index (χ2n) is 6.29. The number of amides is 3. The lowest BCUT2D eigenvalue weighted by molar-refractivity contribution is -0.117. The molecule has 23 heavy (non-hydrogen) atoms. The van der Waals surface area contributed by atoms with E-state index in [1.54, 1.807) is 43.9 Å². The van der Waals surface area contributed by atoms with Crippen molar-refractivity contribution in [3.63, 3.8) is 0 Å². The maximum absolute atomic E-state index is 12.0. The first-order chi connectivity index (χ1) is 10.7. The Labute approximate surface area is 140 Å². The number of benzene rings is 1. The Morgan fingerprint density at radius 1 is 1.43 bits per heavy atom. The summed E-state index contributed by atoms with van der Waals surface area (Å²) in [7, 11) is 0. The van der Waals surface area contributed by atoms with E-state index < -0.39 is 17.7 Å². The summed E-state index contributed by atoms with van der Waals surface area (Å²) in [5.74, 6) is 0.0679. The maximum Gasteiger partial charge on any atom is 0.319 e. The van der Waals surface area contributed by atoms with Gasteiger partial charge < -0.3 is 20.6 Å². The van der Waals surface area contributed by atoms with Crippen molar-refractivity contribution in [1.82, 2.24) is 5.32 Å². The number of anilines is 2. The quantitative estimate of drug-likeness (QED) is 0.789. The van der Waals surface area contributed by atoms with E-state index in [1.807, 2.05) is 0 Å². The van der Waals surface area contributed by atoms with E-state index in [0.29, 0.717) is 29.4 Å². The van der Waals surface area contributed by atoms with Crippen LogP contribution in [0.2, 0.25) is 5.02 Å². The van der Waals surface area contributed by atoms with Crippen LogP contribution in [0.15, 0.2) is 18.2 Å². The Hall–Kier alpha value is -1.79. The molecule has 126 valence electrons. The number of urea groups is 1. The van der Waals surface area contributed by atoms with Crippen LogP contribution in [0.5, 0.6) is 0 Å². The molecule has 1 aromatic rings. The second kappa shape index (κ2) is 6.76. The van der Waals surface area contributed by atoms with Gasteiger partial charge in [0.25, 0.3) is 0 Å². The van der Waals surface area contributed by atoms with E-state index in [9.17, 15) is 14.7 Å². The third-order valence-corrected chi connectivity index (χ3v) is 4.32. The molecule has 3 N–H and O–H groups in total. The molecule has 0 aromatic heterocycles. The molecule has 7 heteroatoms. The van der Waals surface area contributed by atoms with Gasteiger partial charge in [-0.25, -0.2) is 4.79 Å². The monoisotopic (exact) mass is 339 g/mol. The number of hydrogen-bond donors (Lipinski definition) is 3. The van der Waals surface area contributed by atoms with E-state index in [4.69, 9.17) is 11.6 Å². The molecule has 0 bridgehead atoms. The van der Waals surface area contributed by atoms with Crippen molar-refractivity contribution in [2.45, 2.75) is 45.3 Å². The molecule has 1 fully saturated rings. The zero-order valence-corrected chi connectivity index (χ0v) is 14.3. The average Bonchev–Trinajstić information content (AvgIpc) is 2.86. The van der Waals surface area contributed by atoms with Gasteiger partial charge in [0, 0.05) is 18.7 Å². The van der Waals surface area contributed by atoms with Gasteiger partial charge in [-0.3, -0.25) is 4.79 Å². The Bertz CT molecular complexity index is 613. The van der Waals surface area contributed by atoms with Gasteiger partial charge in [0.1, 0.15) is 0 Å². The van der Waals surface area contributed by atoms with Crippen molar-refractivity contribution in [2.24, 2.45) is 0 Å². The molecular weight excluding hydrogens is 318 g/mol. The SMILES string of the molecule is C[C@H](NC(=O)Nc1cc(N2CCCC2=O)ccc1Cl)C(C)(C)O. The van der Waals surface area contributed by atoms with Gasteiger partial charge in [-0.15, -0.1) is 0 Å². The molecule has 3 amide bonds. The van der Waals surface area contributed by atoms with Crippen molar-refractivity contribution in [2.75, 3.05) is 16.8 Å². The Balaban J connectivity index is 2.10. The van der Waals surface area contributed by atoms with Crippen LogP contribution in [0, 0.1) is 0 Å². The van der Waals surface area contributed by atoms with Crippen molar-refractivity contribution in [3.8, 4) is 0 Å². The van der Waals surface area contributed by atoms with E-state index in [1.165, 1.54) is 0 Å². The Kier molecular flexibility index (Phi) is 5.16. The molecule has 0 spiro atoms. The molecule has 6 nitrogen and oxygen atoms in total. The molecule has 1 saturated heterocycles. The highest BCUT2D eigenvalue weighted by molar-refractivity contribution is 6.33. The topological polar surface area (TPSA) is 81.7 Å².